The summed E-state index contributed by atoms with van der Waals surface area (Å²) in [6.45, 7) is 0.0846. The fraction of sp³-hybridized carbons (Fsp3) is 0.471. The molecule has 2 aliphatic rings. The molecule has 0 unspecified atom stereocenters. The van der Waals surface area contributed by atoms with Crippen LogP contribution in [0.2, 0.25) is 5.02 Å². The molecule has 122 valence electrons. The Morgan fingerprint density at radius 2 is 1.91 bits per heavy atom. The first-order chi connectivity index (χ1) is 11.1. The summed E-state index contributed by atoms with van der Waals surface area (Å²) in [5.41, 5.74) is 0.557. The molecule has 0 radical (unpaired) electrons. The maximum atomic E-state index is 12.3. The van der Waals surface area contributed by atoms with Crippen molar-refractivity contribution >= 4 is 29.3 Å². The second-order valence-corrected chi connectivity index (χ2v) is 6.48. The van der Waals surface area contributed by atoms with Crippen LogP contribution in [0.4, 0.5) is 0 Å². The Morgan fingerprint density at radius 3 is 2.61 bits per heavy atom. The quantitative estimate of drug-likeness (QED) is 0.861. The highest BCUT2D eigenvalue weighted by molar-refractivity contribution is 6.37. The molecule has 1 aliphatic carbocycles. The summed E-state index contributed by atoms with van der Waals surface area (Å²) in [7, 11) is 0. The van der Waals surface area contributed by atoms with Gasteiger partial charge in [-0.05, 0) is 25.0 Å². The molecule has 6 heteroatoms. The maximum absolute atomic E-state index is 12.3. The van der Waals surface area contributed by atoms with E-state index in [1.807, 2.05) is 0 Å². The normalized spacial score (nSPS) is 18.2. The van der Waals surface area contributed by atoms with Crippen LogP contribution in [0.15, 0.2) is 18.2 Å². The Labute approximate surface area is 140 Å². The molecule has 1 heterocycles. The highest BCUT2D eigenvalue weighted by Gasteiger charge is 2.37. The van der Waals surface area contributed by atoms with Crippen LogP contribution in [0.3, 0.4) is 0 Å². The van der Waals surface area contributed by atoms with Crippen molar-refractivity contribution in [2.45, 2.75) is 44.6 Å². The van der Waals surface area contributed by atoms with Crippen molar-refractivity contribution in [3.8, 4) is 0 Å². The van der Waals surface area contributed by atoms with Crippen molar-refractivity contribution in [2.24, 2.45) is 0 Å². The van der Waals surface area contributed by atoms with Gasteiger partial charge in [-0.25, -0.2) is 0 Å². The number of carbonyl (C=O) groups excluding carboxylic acids is 3. The summed E-state index contributed by atoms with van der Waals surface area (Å²) < 4.78 is 0. The zero-order valence-corrected chi connectivity index (χ0v) is 13.6. The summed E-state index contributed by atoms with van der Waals surface area (Å²) >= 11 is 6.01. The fourth-order valence-electron chi connectivity index (χ4n) is 3.26. The molecule has 0 spiro atoms. The molecule has 1 N–H and O–H groups in total. The lowest BCUT2D eigenvalue weighted by Gasteiger charge is -2.23. The molecule has 0 saturated heterocycles. The number of halogens is 1. The number of nitrogens with one attached hydrogen (secondary N) is 1. The predicted octanol–water partition coefficient (Wildman–Crippen LogP) is 2.78. The van der Waals surface area contributed by atoms with E-state index >= 15 is 0 Å². The van der Waals surface area contributed by atoms with Crippen molar-refractivity contribution in [3.63, 3.8) is 0 Å². The van der Waals surface area contributed by atoms with Crippen LogP contribution >= 0.6 is 11.6 Å². The molecule has 1 saturated carbocycles. The molecule has 1 aromatic carbocycles. The molecule has 1 aliphatic heterocycles. The highest BCUT2D eigenvalue weighted by Crippen LogP contribution is 2.29. The van der Waals surface area contributed by atoms with Gasteiger partial charge in [0.25, 0.3) is 11.8 Å². The van der Waals surface area contributed by atoms with Gasteiger partial charge >= 0.3 is 0 Å². The van der Waals surface area contributed by atoms with E-state index in [0.717, 1.165) is 30.6 Å². The van der Waals surface area contributed by atoms with Crippen molar-refractivity contribution in [1.82, 2.24) is 10.2 Å². The van der Waals surface area contributed by atoms with Gasteiger partial charge in [-0.15, -0.1) is 0 Å². The zero-order chi connectivity index (χ0) is 16.4. The van der Waals surface area contributed by atoms with Crippen molar-refractivity contribution in [3.05, 3.63) is 34.3 Å². The van der Waals surface area contributed by atoms with Crippen LogP contribution in [0, 0.1) is 0 Å². The van der Waals surface area contributed by atoms with E-state index in [2.05, 4.69) is 5.32 Å². The number of fused-ring (bicyclic) bond motifs is 1. The topological polar surface area (TPSA) is 66.5 Å². The smallest absolute Gasteiger partial charge is 0.263 e. The Kier molecular flexibility index (Phi) is 4.66. The molecule has 1 fully saturated rings. The Bertz CT molecular complexity index is 653. The monoisotopic (exact) mass is 334 g/mol. The summed E-state index contributed by atoms with van der Waals surface area (Å²) in [6, 6.07) is 5.05. The number of hydrogen-bond acceptors (Lipinski definition) is 3. The first-order valence-corrected chi connectivity index (χ1v) is 8.40. The van der Waals surface area contributed by atoms with Crippen LogP contribution in [0.1, 0.15) is 59.2 Å². The minimum absolute atomic E-state index is 0.0846. The van der Waals surface area contributed by atoms with Crippen LogP contribution in [-0.2, 0) is 4.79 Å². The van der Waals surface area contributed by atoms with E-state index in [4.69, 9.17) is 11.6 Å². The molecule has 3 rings (SSSR count). The van der Waals surface area contributed by atoms with Crippen molar-refractivity contribution in [2.75, 3.05) is 6.54 Å². The Morgan fingerprint density at radius 1 is 1.17 bits per heavy atom. The van der Waals surface area contributed by atoms with Crippen LogP contribution < -0.4 is 5.32 Å². The van der Waals surface area contributed by atoms with E-state index in [1.54, 1.807) is 18.2 Å². The standard InChI is InChI=1S/C17H19ClN2O3/c18-13-8-4-7-12-15(13)17(23)20(16(12)22)10-9-14(21)19-11-5-2-1-3-6-11/h4,7-8,11H,1-3,5-6,9-10H2,(H,19,21). The maximum Gasteiger partial charge on any atom is 0.263 e. The van der Waals surface area contributed by atoms with Crippen LogP contribution in [0.5, 0.6) is 0 Å². The Hall–Kier alpha value is -1.88. The van der Waals surface area contributed by atoms with E-state index < -0.39 is 5.91 Å². The predicted molar refractivity (Wildman–Crippen MR) is 86.5 cm³/mol. The summed E-state index contributed by atoms with van der Waals surface area (Å²) in [6.07, 6.45) is 5.65. The van der Waals surface area contributed by atoms with Crippen molar-refractivity contribution < 1.29 is 14.4 Å². The number of hydrogen-bond donors (Lipinski definition) is 1. The number of rotatable bonds is 4. The second kappa shape index (κ2) is 6.71. The lowest BCUT2D eigenvalue weighted by Crippen LogP contribution is -2.39. The van der Waals surface area contributed by atoms with E-state index in [9.17, 15) is 14.4 Å². The zero-order valence-electron chi connectivity index (χ0n) is 12.8. The molecule has 5 nitrogen and oxygen atoms in total. The number of amides is 3. The SMILES string of the molecule is O=C(CCN1C(=O)c2cccc(Cl)c2C1=O)NC1CCCCC1. The minimum atomic E-state index is -0.416. The fourth-order valence-corrected chi connectivity index (χ4v) is 3.51. The number of carbonyl (C=O) groups is 3. The lowest BCUT2D eigenvalue weighted by molar-refractivity contribution is -0.122. The van der Waals surface area contributed by atoms with Crippen molar-refractivity contribution in [1.29, 1.82) is 0 Å². The van der Waals surface area contributed by atoms with Gasteiger partial charge in [0.1, 0.15) is 0 Å². The molecule has 3 amide bonds. The van der Waals surface area contributed by atoms with Gasteiger partial charge in [-0.3, -0.25) is 19.3 Å². The van der Waals surface area contributed by atoms with Crippen LogP contribution in [-0.4, -0.2) is 35.2 Å². The Balaban J connectivity index is 1.59. The summed E-state index contributed by atoms with van der Waals surface area (Å²) in [4.78, 5) is 37.7. The first-order valence-electron chi connectivity index (χ1n) is 8.02. The van der Waals surface area contributed by atoms with Gasteiger partial charge in [-0.1, -0.05) is 36.9 Å². The summed E-state index contributed by atoms with van der Waals surface area (Å²) in [5, 5.41) is 3.26. The average molecular weight is 335 g/mol. The number of nitrogens with zero attached hydrogens (tertiary/aromatic N) is 1. The third-order valence-corrected chi connectivity index (χ3v) is 4.80. The van der Waals surface area contributed by atoms with Gasteiger partial charge in [0.2, 0.25) is 5.91 Å². The van der Waals surface area contributed by atoms with Gasteiger partial charge in [0, 0.05) is 19.0 Å². The van der Waals surface area contributed by atoms with Gasteiger partial charge in [-0.2, -0.15) is 0 Å². The minimum Gasteiger partial charge on any atom is -0.353 e. The molecular formula is C17H19ClN2O3. The van der Waals surface area contributed by atoms with Gasteiger partial charge < -0.3 is 5.32 Å². The van der Waals surface area contributed by atoms with E-state index in [-0.39, 0.29) is 41.4 Å². The van der Waals surface area contributed by atoms with Crippen LogP contribution in [0.25, 0.3) is 0 Å². The summed E-state index contributed by atoms with van der Waals surface area (Å²) in [5.74, 6) is -0.904. The largest absolute Gasteiger partial charge is 0.353 e. The van der Waals surface area contributed by atoms with Gasteiger partial charge in [0.05, 0.1) is 16.1 Å². The molecule has 0 atom stereocenters. The molecule has 0 aromatic heterocycles. The first kappa shape index (κ1) is 16.0. The lowest BCUT2D eigenvalue weighted by atomic mass is 9.95. The number of benzene rings is 1. The van der Waals surface area contributed by atoms with E-state index in [0.29, 0.717) is 5.56 Å². The number of imide groups is 1. The molecule has 1 aromatic rings. The van der Waals surface area contributed by atoms with Gasteiger partial charge in [0.15, 0.2) is 0 Å². The third-order valence-electron chi connectivity index (χ3n) is 4.48. The average Bonchev–Trinajstić information content (AvgIpc) is 2.79. The second-order valence-electron chi connectivity index (χ2n) is 6.08. The van der Waals surface area contributed by atoms with E-state index in [1.165, 1.54) is 6.42 Å². The molecule has 23 heavy (non-hydrogen) atoms. The molecule has 0 bridgehead atoms. The molecular weight excluding hydrogens is 316 g/mol. The highest BCUT2D eigenvalue weighted by atomic mass is 35.5. The third kappa shape index (κ3) is 3.24.